The number of rotatable bonds is 2. The number of para-hydroxylation sites is 1. The number of likely N-dealkylation sites (tertiary alicyclic amines) is 1. The fourth-order valence-electron chi connectivity index (χ4n) is 3.14. The van der Waals surface area contributed by atoms with E-state index in [1.165, 1.54) is 54.0 Å². The summed E-state index contributed by atoms with van der Waals surface area (Å²) in [4.78, 5) is 7.52. The molecule has 0 amide bonds. The second-order valence-electron chi connectivity index (χ2n) is 5.59. The fraction of sp³-hybridized carbons (Fsp3) is 0.533. The number of fused-ring (bicyclic) bond motifs is 1. The average Bonchev–Trinajstić information content (AvgIpc) is 2.91. The normalized spacial score (nSPS) is 25.7. The molecule has 2 fully saturated rings. The van der Waals surface area contributed by atoms with Crippen LogP contribution in [0, 0.1) is 0 Å². The number of aromatic nitrogens is 1. The molecular formula is C15H18N2S. The molecule has 0 spiro atoms. The lowest BCUT2D eigenvalue weighted by Gasteiger charge is -2.34. The van der Waals surface area contributed by atoms with Crippen LogP contribution in [0.5, 0.6) is 0 Å². The van der Waals surface area contributed by atoms with Crippen LogP contribution in [0.3, 0.4) is 0 Å². The van der Waals surface area contributed by atoms with Crippen LogP contribution in [-0.2, 0) is 0 Å². The molecule has 4 rings (SSSR count). The zero-order valence-electron chi connectivity index (χ0n) is 10.5. The molecule has 1 aromatic carbocycles. The van der Waals surface area contributed by atoms with Gasteiger partial charge in [0.1, 0.15) is 0 Å². The zero-order valence-corrected chi connectivity index (χ0v) is 11.3. The van der Waals surface area contributed by atoms with Crippen molar-refractivity contribution < 1.29 is 0 Å². The zero-order chi connectivity index (χ0) is 11.9. The molecule has 2 nitrogen and oxygen atoms in total. The van der Waals surface area contributed by atoms with Crippen LogP contribution in [0.1, 0.15) is 36.6 Å². The van der Waals surface area contributed by atoms with Crippen LogP contribution in [0.4, 0.5) is 0 Å². The second-order valence-corrected chi connectivity index (χ2v) is 6.65. The van der Waals surface area contributed by atoms with Crippen LogP contribution in [-0.4, -0.2) is 29.0 Å². The minimum Gasteiger partial charge on any atom is -0.300 e. The molecule has 1 aliphatic carbocycles. The van der Waals surface area contributed by atoms with E-state index in [0.29, 0.717) is 5.92 Å². The summed E-state index contributed by atoms with van der Waals surface area (Å²) >= 11 is 1.90. The monoisotopic (exact) mass is 258 g/mol. The number of nitrogens with zero attached hydrogens (tertiary/aromatic N) is 2. The Morgan fingerprint density at radius 1 is 1.17 bits per heavy atom. The summed E-state index contributed by atoms with van der Waals surface area (Å²) in [6.07, 6.45) is 5.59. The molecule has 3 heteroatoms. The third-order valence-corrected chi connectivity index (χ3v) is 5.67. The maximum atomic E-state index is 4.82. The first-order valence-electron chi connectivity index (χ1n) is 7.00. The van der Waals surface area contributed by atoms with Crippen LogP contribution in [0.25, 0.3) is 10.2 Å². The highest BCUT2D eigenvalue weighted by molar-refractivity contribution is 7.18. The van der Waals surface area contributed by atoms with E-state index in [1.807, 2.05) is 11.3 Å². The van der Waals surface area contributed by atoms with E-state index in [0.717, 1.165) is 6.04 Å². The van der Waals surface area contributed by atoms with E-state index in [1.54, 1.807) is 0 Å². The van der Waals surface area contributed by atoms with Crippen molar-refractivity contribution in [1.82, 2.24) is 9.88 Å². The molecular weight excluding hydrogens is 240 g/mol. The number of thiazole rings is 1. The third kappa shape index (κ3) is 1.77. The molecule has 2 aliphatic rings. The highest BCUT2D eigenvalue weighted by Crippen LogP contribution is 2.36. The maximum absolute atomic E-state index is 4.82. The van der Waals surface area contributed by atoms with Gasteiger partial charge in [0, 0.05) is 18.5 Å². The Labute approximate surface area is 112 Å². The van der Waals surface area contributed by atoms with Gasteiger partial charge in [0.15, 0.2) is 0 Å². The second kappa shape index (κ2) is 4.32. The molecule has 1 saturated carbocycles. The van der Waals surface area contributed by atoms with Crippen molar-refractivity contribution in [3.8, 4) is 0 Å². The maximum Gasteiger partial charge on any atom is 0.0982 e. The number of benzene rings is 1. The first-order valence-corrected chi connectivity index (χ1v) is 7.81. The lowest BCUT2D eigenvalue weighted by Crippen LogP contribution is -2.38. The summed E-state index contributed by atoms with van der Waals surface area (Å²) in [5.41, 5.74) is 1.18. The van der Waals surface area contributed by atoms with Crippen LogP contribution >= 0.6 is 11.3 Å². The Kier molecular flexibility index (Phi) is 2.63. The van der Waals surface area contributed by atoms with Gasteiger partial charge in [-0.3, -0.25) is 4.90 Å². The summed E-state index contributed by atoms with van der Waals surface area (Å²) in [7, 11) is 0. The molecule has 1 saturated heterocycles. The van der Waals surface area contributed by atoms with Crippen molar-refractivity contribution >= 4 is 21.6 Å². The van der Waals surface area contributed by atoms with E-state index in [9.17, 15) is 0 Å². The van der Waals surface area contributed by atoms with Crippen LogP contribution < -0.4 is 0 Å². The molecule has 1 aromatic heterocycles. The molecule has 0 radical (unpaired) electrons. The molecule has 2 heterocycles. The van der Waals surface area contributed by atoms with Gasteiger partial charge in [-0.15, -0.1) is 11.3 Å². The average molecular weight is 258 g/mol. The minimum absolute atomic E-state index is 0.683. The SMILES string of the molecule is c1ccc2sc(C3CCN(C4CCC4)C3)nc2c1. The van der Waals surface area contributed by atoms with Gasteiger partial charge in [-0.2, -0.15) is 0 Å². The Hall–Kier alpha value is -0.930. The fourth-order valence-corrected chi connectivity index (χ4v) is 4.23. The predicted molar refractivity (Wildman–Crippen MR) is 76.2 cm³/mol. The molecule has 0 N–H and O–H groups in total. The van der Waals surface area contributed by atoms with Gasteiger partial charge in [-0.25, -0.2) is 4.98 Å². The third-order valence-electron chi connectivity index (χ3n) is 4.47. The van der Waals surface area contributed by atoms with E-state index >= 15 is 0 Å². The standard InChI is InChI=1S/C15H18N2S/c1-2-7-14-13(6-1)16-15(18-14)11-8-9-17(10-11)12-4-3-5-12/h1-2,6-7,11-12H,3-5,8-10H2. The Bertz CT molecular complexity index is 525. The first-order chi connectivity index (χ1) is 8.90. The van der Waals surface area contributed by atoms with Gasteiger partial charge >= 0.3 is 0 Å². The smallest absolute Gasteiger partial charge is 0.0982 e. The lowest BCUT2D eigenvalue weighted by molar-refractivity contribution is 0.157. The van der Waals surface area contributed by atoms with Crippen molar-refractivity contribution in [1.29, 1.82) is 0 Å². The summed E-state index contributed by atoms with van der Waals surface area (Å²) in [6.45, 7) is 2.52. The first kappa shape index (κ1) is 10.9. The van der Waals surface area contributed by atoms with E-state index < -0.39 is 0 Å². The van der Waals surface area contributed by atoms with Gasteiger partial charge in [0.2, 0.25) is 0 Å². The van der Waals surface area contributed by atoms with Gasteiger partial charge in [-0.1, -0.05) is 18.6 Å². The van der Waals surface area contributed by atoms with Crippen molar-refractivity contribution in [3.63, 3.8) is 0 Å². The largest absolute Gasteiger partial charge is 0.300 e. The minimum atomic E-state index is 0.683. The van der Waals surface area contributed by atoms with Crippen molar-refractivity contribution in [2.24, 2.45) is 0 Å². The van der Waals surface area contributed by atoms with E-state index in [4.69, 9.17) is 4.98 Å². The van der Waals surface area contributed by atoms with Crippen LogP contribution in [0.2, 0.25) is 0 Å². The molecule has 94 valence electrons. The number of hydrogen-bond acceptors (Lipinski definition) is 3. The van der Waals surface area contributed by atoms with Crippen molar-refractivity contribution in [3.05, 3.63) is 29.3 Å². The van der Waals surface area contributed by atoms with Crippen molar-refractivity contribution in [2.75, 3.05) is 13.1 Å². The Morgan fingerprint density at radius 3 is 2.83 bits per heavy atom. The summed E-state index contributed by atoms with van der Waals surface area (Å²) in [5, 5.41) is 1.36. The molecule has 1 unspecified atom stereocenters. The van der Waals surface area contributed by atoms with Gasteiger partial charge in [0.25, 0.3) is 0 Å². The molecule has 1 atom stereocenters. The quantitative estimate of drug-likeness (QED) is 0.817. The lowest BCUT2D eigenvalue weighted by atomic mass is 9.92. The number of hydrogen-bond donors (Lipinski definition) is 0. The van der Waals surface area contributed by atoms with E-state index in [-0.39, 0.29) is 0 Å². The Balaban J connectivity index is 1.56. The molecule has 1 aliphatic heterocycles. The molecule has 18 heavy (non-hydrogen) atoms. The summed E-state index contributed by atoms with van der Waals surface area (Å²) in [6, 6.07) is 9.41. The molecule has 2 aromatic rings. The van der Waals surface area contributed by atoms with Crippen molar-refractivity contribution in [2.45, 2.75) is 37.6 Å². The Morgan fingerprint density at radius 2 is 2.06 bits per heavy atom. The van der Waals surface area contributed by atoms with Crippen LogP contribution in [0.15, 0.2) is 24.3 Å². The van der Waals surface area contributed by atoms with Gasteiger partial charge < -0.3 is 0 Å². The predicted octanol–water partition coefficient (Wildman–Crippen LogP) is 3.64. The highest BCUT2D eigenvalue weighted by atomic mass is 32.1. The summed E-state index contributed by atoms with van der Waals surface area (Å²) in [5.74, 6) is 0.683. The summed E-state index contributed by atoms with van der Waals surface area (Å²) < 4.78 is 1.34. The van der Waals surface area contributed by atoms with Gasteiger partial charge in [0.05, 0.1) is 15.2 Å². The van der Waals surface area contributed by atoms with Gasteiger partial charge in [-0.05, 0) is 37.9 Å². The topological polar surface area (TPSA) is 16.1 Å². The highest BCUT2D eigenvalue weighted by Gasteiger charge is 2.33. The van der Waals surface area contributed by atoms with E-state index in [2.05, 4.69) is 29.2 Å². The molecule has 0 bridgehead atoms.